The molecule has 0 saturated heterocycles. The molecule has 0 fully saturated rings. The van der Waals surface area contributed by atoms with Crippen LogP contribution < -0.4 is 0 Å². The fourth-order valence-corrected chi connectivity index (χ4v) is 1.26. The van der Waals surface area contributed by atoms with E-state index in [9.17, 15) is 4.57 Å². The summed E-state index contributed by atoms with van der Waals surface area (Å²) in [6, 6.07) is 0. The van der Waals surface area contributed by atoms with E-state index in [1.165, 1.54) is 0 Å². The third kappa shape index (κ3) is 7.94. The zero-order valence-electron chi connectivity index (χ0n) is 7.95. The van der Waals surface area contributed by atoms with Crippen LogP contribution in [0.25, 0.3) is 0 Å². The summed E-state index contributed by atoms with van der Waals surface area (Å²) < 4.78 is 20.2. The van der Waals surface area contributed by atoms with Gasteiger partial charge in [0.2, 0.25) is 0 Å². The van der Waals surface area contributed by atoms with Gasteiger partial charge in [-0.05, 0) is 13.8 Å². The third-order valence-electron chi connectivity index (χ3n) is 0.948. The molecule has 0 aromatic rings. The molecular formula is C8H15O4P. The lowest BCUT2D eigenvalue weighted by atomic mass is 10.4. The Bertz CT molecular complexity index is 225. The molecule has 0 aliphatic rings. The van der Waals surface area contributed by atoms with Gasteiger partial charge < -0.3 is 4.89 Å². The molecule has 5 heteroatoms. The molecule has 0 aromatic carbocycles. The van der Waals surface area contributed by atoms with Crippen LogP contribution in [0.5, 0.6) is 0 Å². The standard InChI is InChI=1S/C8H15O4P/c1-7(2)5-11-13(9,10)12-6-8(3)4/h1,3,5-6H2,2,4H3,(H,9,10). The molecule has 0 aliphatic carbocycles. The van der Waals surface area contributed by atoms with Gasteiger partial charge in [-0.2, -0.15) is 0 Å². The molecule has 0 spiro atoms. The second kappa shape index (κ2) is 5.35. The van der Waals surface area contributed by atoms with Gasteiger partial charge in [0.25, 0.3) is 0 Å². The Labute approximate surface area is 78.5 Å². The number of phosphoric acid groups is 1. The Morgan fingerprint density at radius 2 is 1.54 bits per heavy atom. The van der Waals surface area contributed by atoms with Gasteiger partial charge in [-0.25, -0.2) is 4.57 Å². The first kappa shape index (κ1) is 12.6. The molecule has 0 heterocycles. The van der Waals surface area contributed by atoms with Crippen molar-refractivity contribution in [3.05, 3.63) is 24.3 Å². The highest BCUT2D eigenvalue weighted by molar-refractivity contribution is 7.47. The summed E-state index contributed by atoms with van der Waals surface area (Å²) in [6.07, 6.45) is 0. The van der Waals surface area contributed by atoms with Crippen LogP contribution in [0, 0.1) is 0 Å². The fraction of sp³-hybridized carbons (Fsp3) is 0.500. The SMILES string of the molecule is C=C(C)COP(=O)(O)OCC(=C)C. The first-order valence-corrected chi connectivity index (χ1v) is 5.23. The maximum absolute atomic E-state index is 11.1. The molecule has 1 N–H and O–H groups in total. The van der Waals surface area contributed by atoms with E-state index in [0.29, 0.717) is 11.1 Å². The lowest BCUT2D eigenvalue weighted by molar-refractivity contribution is 0.169. The number of phosphoric ester groups is 1. The minimum Gasteiger partial charge on any atom is -0.302 e. The van der Waals surface area contributed by atoms with Crippen LogP contribution in [-0.2, 0) is 13.6 Å². The van der Waals surface area contributed by atoms with Gasteiger partial charge in [0.05, 0.1) is 13.2 Å². The van der Waals surface area contributed by atoms with E-state index in [2.05, 4.69) is 22.2 Å². The Kier molecular flexibility index (Phi) is 5.18. The fourth-order valence-electron chi connectivity index (χ4n) is 0.421. The molecule has 0 aliphatic heterocycles. The molecule has 0 radical (unpaired) electrons. The van der Waals surface area contributed by atoms with Crippen molar-refractivity contribution in [2.45, 2.75) is 13.8 Å². The van der Waals surface area contributed by atoms with Crippen molar-refractivity contribution in [1.82, 2.24) is 0 Å². The summed E-state index contributed by atoms with van der Waals surface area (Å²) in [5.74, 6) is 0. The number of rotatable bonds is 6. The molecule has 0 atom stereocenters. The summed E-state index contributed by atoms with van der Waals surface area (Å²) in [4.78, 5) is 9.04. The van der Waals surface area contributed by atoms with Gasteiger partial charge >= 0.3 is 7.82 Å². The van der Waals surface area contributed by atoms with Crippen LogP contribution in [0.1, 0.15) is 13.8 Å². The second-order valence-corrected chi connectivity index (χ2v) is 4.38. The first-order valence-electron chi connectivity index (χ1n) is 3.74. The minimum absolute atomic E-state index is 0.0178. The van der Waals surface area contributed by atoms with E-state index in [-0.39, 0.29) is 13.2 Å². The topological polar surface area (TPSA) is 55.8 Å². The molecule has 0 amide bonds. The molecule has 0 aromatic heterocycles. The van der Waals surface area contributed by atoms with Crippen LogP contribution >= 0.6 is 7.82 Å². The van der Waals surface area contributed by atoms with Gasteiger partial charge in [-0.15, -0.1) is 0 Å². The lowest BCUT2D eigenvalue weighted by Gasteiger charge is -2.11. The van der Waals surface area contributed by atoms with E-state index in [4.69, 9.17) is 4.89 Å². The smallest absolute Gasteiger partial charge is 0.302 e. The number of hydrogen-bond acceptors (Lipinski definition) is 3. The maximum Gasteiger partial charge on any atom is 0.472 e. The molecule has 13 heavy (non-hydrogen) atoms. The van der Waals surface area contributed by atoms with Crippen LogP contribution in [0.3, 0.4) is 0 Å². The summed E-state index contributed by atoms with van der Waals surface area (Å²) in [7, 11) is -3.92. The highest BCUT2D eigenvalue weighted by Crippen LogP contribution is 2.43. The third-order valence-corrected chi connectivity index (χ3v) is 1.86. The van der Waals surface area contributed by atoms with Crippen LogP contribution in [0.15, 0.2) is 24.3 Å². The molecule has 0 unspecified atom stereocenters. The van der Waals surface area contributed by atoms with E-state index >= 15 is 0 Å². The predicted molar refractivity (Wildman–Crippen MR) is 51.4 cm³/mol. The lowest BCUT2D eigenvalue weighted by Crippen LogP contribution is -1.99. The molecule has 0 bridgehead atoms. The normalized spacial score (nSPS) is 11.3. The molecular weight excluding hydrogens is 191 g/mol. The summed E-state index contributed by atoms with van der Waals surface area (Å²) in [6.45, 7) is 10.5. The van der Waals surface area contributed by atoms with E-state index in [1.807, 2.05) is 0 Å². The monoisotopic (exact) mass is 206 g/mol. The van der Waals surface area contributed by atoms with Gasteiger partial charge in [0.15, 0.2) is 0 Å². The average molecular weight is 206 g/mol. The van der Waals surface area contributed by atoms with Crippen molar-refractivity contribution in [2.75, 3.05) is 13.2 Å². The Hall–Kier alpha value is -0.410. The molecule has 4 nitrogen and oxygen atoms in total. The zero-order chi connectivity index (χ0) is 10.5. The second-order valence-electron chi connectivity index (χ2n) is 2.93. The molecule has 0 rings (SSSR count). The average Bonchev–Trinajstić information content (AvgIpc) is 1.98. The summed E-state index contributed by atoms with van der Waals surface area (Å²) >= 11 is 0. The highest BCUT2D eigenvalue weighted by Gasteiger charge is 2.20. The van der Waals surface area contributed by atoms with Crippen molar-refractivity contribution in [3.63, 3.8) is 0 Å². The molecule has 0 saturated carbocycles. The minimum atomic E-state index is -3.92. The van der Waals surface area contributed by atoms with Crippen LogP contribution in [0.2, 0.25) is 0 Å². The summed E-state index contributed by atoms with van der Waals surface area (Å²) in [5.41, 5.74) is 1.32. The van der Waals surface area contributed by atoms with Gasteiger partial charge in [0, 0.05) is 0 Å². The van der Waals surface area contributed by atoms with Crippen LogP contribution in [-0.4, -0.2) is 18.1 Å². The number of hydrogen-bond donors (Lipinski definition) is 1. The molecule has 76 valence electrons. The van der Waals surface area contributed by atoms with Crippen molar-refractivity contribution < 1.29 is 18.5 Å². The van der Waals surface area contributed by atoms with E-state index < -0.39 is 7.82 Å². The Morgan fingerprint density at radius 1 is 1.23 bits per heavy atom. The van der Waals surface area contributed by atoms with Crippen LogP contribution in [0.4, 0.5) is 0 Å². The van der Waals surface area contributed by atoms with Crippen molar-refractivity contribution in [2.24, 2.45) is 0 Å². The quantitative estimate of drug-likeness (QED) is 0.535. The largest absolute Gasteiger partial charge is 0.472 e. The van der Waals surface area contributed by atoms with Gasteiger partial charge in [-0.3, -0.25) is 9.05 Å². The highest BCUT2D eigenvalue weighted by atomic mass is 31.2. The van der Waals surface area contributed by atoms with Gasteiger partial charge in [0.1, 0.15) is 0 Å². The maximum atomic E-state index is 11.1. The van der Waals surface area contributed by atoms with Crippen molar-refractivity contribution in [3.8, 4) is 0 Å². The Morgan fingerprint density at radius 3 is 1.77 bits per heavy atom. The predicted octanol–water partition coefficient (Wildman–Crippen LogP) is 2.27. The summed E-state index contributed by atoms with van der Waals surface area (Å²) in [5, 5.41) is 0. The van der Waals surface area contributed by atoms with Gasteiger partial charge in [-0.1, -0.05) is 24.3 Å². The first-order chi connectivity index (χ1) is 5.83. The zero-order valence-corrected chi connectivity index (χ0v) is 8.84. The Balaban J connectivity index is 3.87. The van der Waals surface area contributed by atoms with E-state index in [1.54, 1.807) is 13.8 Å². The van der Waals surface area contributed by atoms with Crippen molar-refractivity contribution >= 4 is 7.82 Å². The van der Waals surface area contributed by atoms with E-state index in [0.717, 1.165) is 0 Å². The van der Waals surface area contributed by atoms with Crippen molar-refractivity contribution in [1.29, 1.82) is 0 Å².